The molecule has 0 aliphatic carbocycles. The van der Waals surface area contributed by atoms with Gasteiger partial charge in [-0.2, -0.15) is 0 Å². The highest BCUT2D eigenvalue weighted by atomic mass is 16.5. The van der Waals surface area contributed by atoms with Crippen LogP contribution in [-0.4, -0.2) is 92.5 Å². The van der Waals surface area contributed by atoms with Crippen molar-refractivity contribution >= 4 is 6.03 Å². The Morgan fingerprint density at radius 2 is 2.00 bits per heavy atom. The topological polar surface area (TPSA) is 45.2 Å². The lowest BCUT2D eigenvalue weighted by Gasteiger charge is -2.42. The molecule has 0 saturated carbocycles. The summed E-state index contributed by atoms with van der Waals surface area (Å²) < 4.78 is 10.5. The van der Waals surface area contributed by atoms with Crippen molar-refractivity contribution in [3.05, 3.63) is 0 Å². The molecule has 6 nitrogen and oxygen atoms in total. The number of amides is 2. The van der Waals surface area contributed by atoms with Gasteiger partial charge in [0.25, 0.3) is 0 Å². The van der Waals surface area contributed by atoms with E-state index in [9.17, 15) is 4.79 Å². The first-order valence-corrected chi connectivity index (χ1v) is 7.66. The third-order valence-corrected chi connectivity index (χ3v) is 4.73. The van der Waals surface area contributed by atoms with Crippen LogP contribution < -0.4 is 0 Å². The van der Waals surface area contributed by atoms with Crippen LogP contribution in [0.1, 0.15) is 12.8 Å². The van der Waals surface area contributed by atoms with E-state index in [1.807, 2.05) is 9.80 Å². The summed E-state index contributed by atoms with van der Waals surface area (Å²) in [6.07, 6.45) is 2.27. The van der Waals surface area contributed by atoms with E-state index in [2.05, 4.69) is 4.90 Å². The molecule has 3 heterocycles. The number of carbonyl (C=O) groups is 1. The molecule has 6 heteroatoms. The molecule has 0 radical (unpaired) electrons. The van der Waals surface area contributed by atoms with Gasteiger partial charge in [-0.3, -0.25) is 4.90 Å². The Balaban J connectivity index is 1.56. The molecule has 3 fully saturated rings. The summed E-state index contributed by atoms with van der Waals surface area (Å²) in [7, 11) is 1.68. The number of nitrogens with zero attached hydrogens (tertiary/aromatic N) is 3. The van der Waals surface area contributed by atoms with Crippen molar-refractivity contribution in [1.29, 1.82) is 0 Å². The third kappa shape index (κ3) is 2.77. The molecule has 0 unspecified atom stereocenters. The number of hydrogen-bond donors (Lipinski definition) is 0. The SMILES string of the molecule is COCCN1C[C@H]2CN(C3CCOCC3)CCN2C1=O. The molecular weight excluding hydrogens is 258 g/mol. The lowest BCUT2D eigenvalue weighted by atomic mass is 10.0. The smallest absolute Gasteiger partial charge is 0.320 e. The monoisotopic (exact) mass is 283 g/mol. The summed E-state index contributed by atoms with van der Waals surface area (Å²) in [6, 6.07) is 1.20. The Bertz CT molecular complexity index is 347. The van der Waals surface area contributed by atoms with Gasteiger partial charge in [-0.05, 0) is 12.8 Å². The molecule has 3 aliphatic heterocycles. The minimum absolute atomic E-state index is 0.193. The summed E-state index contributed by atoms with van der Waals surface area (Å²) in [4.78, 5) is 18.8. The third-order valence-electron chi connectivity index (χ3n) is 4.73. The first kappa shape index (κ1) is 14.1. The number of rotatable bonds is 4. The second kappa shape index (κ2) is 6.28. The maximum absolute atomic E-state index is 12.3. The first-order valence-electron chi connectivity index (χ1n) is 7.66. The van der Waals surface area contributed by atoms with E-state index in [4.69, 9.17) is 9.47 Å². The largest absolute Gasteiger partial charge is 0.383 e. The highest BCUT2D eigenvalue weighted by Crippen LogP contribution is 2.24. The van der Waals surface area contributed by atoms with E-state index in [-0.39, 0.29) is 6.03 Å². The van der Waals surface area contributed by atoms with Crippen LogP contribution in [0, 0.1) is 0 Å². The molecule has 0 aromatic heterocycles. The van der Waals surface area contributed by atoms with Gasteiger partial charge in [-0.25, -0.2) is 4.79 Å². The Labute approximate surface area is 120 Å². The van der Waals surface area contributed by atoms with Gasteiger partial charge >= 0.3 is 6.03 Å². The average Bonchev–Trinajstić information content (AvgIpc) is 2.82. The normalized spacial score (nSPS) is 29.1. The Morgan fingerprint density at radius 3 is 2.75 bits per heavy atom. The standard InChI is InChI=1S/C14H25N3O3/c1-19-9-6-16-11-13-10-15(4-5-17(13)14(16)18)12-2-7-20-8-3-12/h12-13H,2-11H2,1H3/t13-/m1/s1. The van der Waals surface area contributed by atoms with Gasteiger partial charge in [0, 0.05) is 59.1 Å². The summed E-state index contributed by atoms with van der Waals surface area (Å²) >= 11 is 0. The minimum atomic E-state index is 0.193. The van der Waals surface area contributed by atoms with E-state index in [1.54, 1.807) is 7.11 Å². The van der Waals surface area contributed by atoms with Gasteiger partial charge in [-0.15, -0.1) is 0 Å². The number of urea groups is 1. The van der Waals surface area contributed by atoms with Crippen molar-refractivity contribution in [3.8, 4) is 0 Å². The Morgan fingerprint density at radius 1 is 1.20 bits per heavy atom. The van der Waals surface area contributed by atoms with Gasteiger partial charge < -0.3 is 19.3 Å². The zero-order valence-corrected chi connectivity index (χ0v) is 12.3. The molecule has 20 heavy (non-hydrogen) atoms. The van der Waals surface area contributed by atoms with Crippen molar-refractivity contribution in [2.24, 2.45) is 0 Å². The number of carbonyl (C=O) groups excluding carboxylic acids is 1. The fourth-order valence-electron chi connectivity index (χ4n) is 3.57. The van der Waals surface area contributed by atoms with E-state index >= 15 is 0 Å². The van der Waals surface area contributed by atoms with Crippen molar-refractivity contribution in [3.63, 3.8) is 0 Å². The predicted molar refractivity (Wildman–Crippen MR) is 74.8 cm³/mol. The molecule has 3 saturated heterocycles. The van der Waals surface area contributed by atoms with Gasteiger partial charge in [0.15, 0.2) is 0 Å². The molecule has 0 aromatic rings. The number of hydrogen-bond acceptors (Lipinski definition) is 4. The van der Waals surface area contributed by atoms with Gasteiger partial charge in [0.2, 0.25) is 0 Å². The second-order valence-corrected chi connectivity index (χ2v) is 5.91. The molecule has 3 aliphatic rings. The average molecular weight is 283 g/mol. The van der Waals surface area contributed by atoms with Gasteiger partial charge in [-0.1, -0.05) is 0 Å². The van der Waals surface area contributed by atoms with Crippen LogP contribution >= 0.6 is 0 Å². The van der Waals surface area contributed by atoms with Crippen molar-refractivity contribution in [1.82, 2.24) is 14.7 Å². The van der Waals surface area contributed by atoms with Gasteiger partial charge in [0.1, 0.15) is 0 Å². The lowest BCUT2D eigenvalue weighted by molar-refractivity contribution is 0.0109. The highest BCUT2D eigenvalue weighted by molar-refractivity contribution is 5.77. The van der Waals surface area contributed by atoms with Crippen molar-refractivity contribution in [2.45, 2.75) is 24.9 Å². The maximum Gasteiger partial charge on any atom is 0.320 e. The highest BCUT2D eigenvalue weighted by Gasteiger charge is 2.41. The number of methoxy groups -OCH3 is 1. The second-order valence-electron chi connectivity index (χ2n) is 5.91. The van der Waals surface area contributed by atoms with Crippen LogP contribution in [-0.2, 0) is 9.47 Å². The van der Waals surface area contributed by atoms with Crippen molar-refractivity contribution < 1.29 is 14.3 Å². The number of fused-ring (bicyclic) bond motifs is 1. The zero-order valence-electron chi connectivity index (χ0n) is 12.3. The van der Waals surface area contributed by atoms with E-state index in [1.165, 1.54) is 0 Å². The van der Waals surface area contributed by atoms with Gasteiger partial charge in [0.05, 0.1) is 12.6 Å². The van der Waals surface area contributed by atoms with Crippen molar-refractivity contribution in [2.75, 3.05) is 59.7 Å². The lowest BCUT2D eigenvalue weighted by Crippen LogP contribution is -2.55. The molecule has 2 amide bonds. The summed E-state index contributed by atoms with van der Waals surface area (Å²) in [5, 5.41) is 0. The van der Waals surface area contributed by atoms with E-state index < -0.39 is 0 Å². The summed E-state index contributed by atoms with van der Waals surface area (Å²) in [6.45, 7) is 6.83. The van der Waals surface area contributed by atoms with Crippen LogP contribution in [0.4, 0.5) is 4.79 Å². The molecule has 3 rings (SSSR count). The Kier molecular flexibility index (Phi) is 4.43. The van der Waals surface area contributed by atoms with Crippen LogP contribution in [0.25, 0.3) is 0 Å². The molecule has 0 spiro atoms. The predicted octanol–water partition coefficient (Wildman–Crippen LogP) is 0.234. The maximum atomic E-state index is 12.3. The summed E-state index contributed by atoms with van der Waals surface area (Å²) in [5.41, 5.74) is 0. The van der Waals surface area contributed by atoms with Crippen LogP contribution in [0.15, 0.2) is 0 Å². The van der Waals surface area contributed by atoms with Crippen LogP contribution in [0.5, 0.6) is 0 Å². The molecule has 0 aromatic carbocycles. The van der Waals surface area contributed by atoms with E-state index in [0.29, 0.717) is 25.2 Å². The fraction of sp³-hybridized carbons (Fsp3) is 0.929. The molecule has 114 valence electrons. The molecule has 1 atom stereocenters. The van der Waals surface area contributed by atoms with E-state index in [0.717, 1.165) is 52.2 Å². The summed E-state index contributed by atoms with van der Waals surface area (Å²) in [5.74, 6) is 0. The zero-order chi connectivity index (χ0) is 13.9. The molecule has 0 bridgehead atoms. The number of ether oxygens (including phenoxy) is 2. The first-order chi connectivity index (χ1) is 9.79. The quantitative estimate of drug-likeness (QED) is 0.741. The Hall–Kier alpha value is -0.850. The molecule has 0 N–H and O–H groups in total. The van der Waals surface area contributed by atoms with Crippen LogP contribution in [0.2, 0.25) is 0 Å². The number of piperazine rings is 1. The minimum Gasteiger partial charge on any atom is -0.383 e. The van der Waals surface area contributed by atoms with Crippen LogP contribution in [0.3, 0.4) is 0 Å². The molecular formula is C14H25N3O3. The fourth-order valence-corrected chi connectivity index (χ4v) is 3.57.